The molecule has 2 atom stereocenters. The van der Waals surface area contributed by atoms with Crippen molar-refractivity contribution in [3.05, 3.63) is 22.2 Å². The van der Waals surface area contributed by atoms with Gasteiger partial charge in [0.15, 0.2) is 0 Å². The Morgan fingerprint density at radius 3 is 2.00 bits per heavy atom. The molecule has 1 saturated carbocycles. The highest BCUT2D eigenvalue weighted by Gasteiger charge is 2.72. The van der Waals surface area contributed by atoms with Crippen LogP contribution < -0.4 is 0 Å². The third-order valence-electron chi connectivity index (χ3n) is 3.35. The van der Waals surface area contributed by atoms with E-state index in [1.165, 1.54) is 0 Å². The molecule has 0 bridgehead atoms. The minimum absolute atomic E-state index is 0.120. The van der Waals surface area contributed by atoms with Crippen molar-refractivity contribution in [1.29, 1.82) is 0 Å². The molecular formula is C12H16Cl2O2. The van der Waals surface area contributed by atoms with Gasteiger partial charge in [0.1, 0.15) is 4.49 Å². The highest BCUT2D eigenvalue weighted by atomic mass is 35.5. The molecule has 0 amide bonds. The first-order valence-electron chi connectivity index (χ1n) is 5.08. The van der Waals surface area contributed by atoms with Crippen LogP contribution >= 0.6 is 23.2 Å². The van der Waals surface area contributed by atoms with Gasteiger partial charge in [-0.15, -0.1) is 0 Å². The van der Waals surface area contributed by atoms with E-state index in [-0.39, 0.29) is 9.91 Å². The van der Waals surface area contributed by atoms with Crippen LogP contribution in [0.4, 0.5) is 0 Å². The summed E-state index contributed by atoms with van der Waals surface area (Å²) in [5.41, 5.74) is 0.143. The minimum atomic E-state index is -0.812. The highest BCUT2D eigenvalue weighted by Crippen LogP contribution is 2.71. The molecular weight excluding hydrogens is 247 g/mol. The van der Waals surface area contributed by atoms with Gasteiger partial charge in [0.05, 0.1) is 5.92 Å². The predicted molar refractivity (Wildman–Crippen MR) is 66.6 cm³/mol. The molecule has 4 heteroatoms. The maximum Gasteiger partial charge on any atom is 0.308 e. The smallest absolute Gasteiger partial charge is 0.308 e. The summed E-state index contributed by atoms with van der Waals surface area (Å²) in [5, 5.41) is 9.21. The van der Waals surface area contributed by atoms with E-state index >= 15 is 0 Å². The number of carbonyl (C=O) groups is 1. The summed E-state index contributed by atoms with van der Waals surface area (Å²) in [5.74, 6) is -1.28. The Labute approximate surface area is 106 Å². The average Bonchev–Trinajstić information content (AvgIpc) is 2.42. The Morgan fingerprint density at radius 2 is 1.75 bits per heavy atom. The molecule has 2 unspecified atom stereocenters. The molecule has 2 nitrogen and oxygen atoms in total. The Bertz CT molecular complexity index is 354. The van der Waals surface area contributed by atoms with Crippen LogP contribution in [0.1, 0.15) is 27.7 Å². The van der Waals surface area contributed by atoms with Crippen LogP contribution in [0, 0.1) is 16.7 Å². The maximum atomic E-state index is 11.2. The second-order valence-electron chi connectivity index (χ2n) is 5.08. The predicted octanol–water partition coefficient (Wildman–Crippen LogP) is 4.00. The Balaban J connectivity index is 3.25. The minimum Gasteiger partial charge on any atom is -0.481 e. The van der Waals surface area contributed by atoms with Gasteiger partial charge in [-0.25, -0.2) is 0 Å². The number of carboxylic acids is 1. The lowest BCUT2D eigenvalue weighted by atomic mass is 9.94. The van der Waals surface area contributed by atoms with Crippen LogP contribution in [0.15, 0.2) is 22.2 Å². The van der Waals surface area contributed by atoms with Crippen molar-refractivity contribution in [2.24, 2.45) is 16.7 Å². The first kappa shape index (κ1) is 13.6. The van der Waals surface area contributed by atoms with E-state index in [1.54, 1.807) is 6.08 Å². The maximum absolute atomic E-state index is 11.2. The summed E-state index contributed by atoms with van der Waals surface area (Å²) >= 11 is 11.4. The quantitative estimate of drug-likeness (QED) is 0.781. The lowest BCUT2D eigenvalue weighted by Gasteiger charge is -2.11. The Hall–Kier alpha value is -0.470. The van der Waals surface area contributed by atoms with Crippen LogP contribution in [0.5, 0.6) is 0 Å². The van der Waals surface area contributed by atoms with Gasteiger partial charge >= 0.3 is 5.97 Å². The fraction of sp³-hybridized carbons (Fsp3) is 0.583. The highest BCUT2D eigenvalue weighted by molar-refractivity contribution is 6.55. The zero-order valence-electron chi connectivity index (χ0n) is 9.84. The Morgan fingerprint density at radius 1 is 1.25 bits per heavy atom. The normalized spacial score (nSPS) is 30.5. The first-order chi connectivity index (χ1) is 7.15. The van der Waals surface area contributed by atoms with E-state index < -0.39 is 17.3 Å². The summed E-state index contributed by atoms with van der Waals surface area (Å²) in [6.07, 6.45) is 3.58. The van der Waals surface area contributed by atoms with Gasteiger partial charge in [-0.2, -0.15) is 0 Å². The zero-order valence-corrected chi connectivity index (χ0v) is 11.4. The van der Waals surface area contributed by atoms with Crippen LogP contribution in [-0.2, 0) is 4.79 Å². The van der Waals surface area contributed by atoms with Crippen molar-refractivity contribution in [1.82, 2.24) is 0 Å². The molecule has 0 radical (unpaired) electrons. The largest absolute Gasteiger partial charge is 0.481 e. The molecule has 0 aromatic carbocycles. The number of hydrogen-bond donors (Lipinski definition) is 1. The number of hydrogen-bond acceptors (Lipinski definition) is 1. The van der Waals surface area contributed by atoms with E-state index in [4.69, 9.17) is 23.2 Å². The number of halogens is 2. The number of carboxylic acid groups (broad SMARTS) is 1. The molecule has 1 N–H and O–H groups in total. The molecule has 0 saturated heterocycles. The molecule has 1 rings (SSSR count). The molecule has 1 fully saturated rings. The van der Waals surface area contributed by atoms with Gasteiger partial charge in [0.2, 0.25) is 0 Å². The van der Waals surface area contributed by atoms with Gasteiger partial charge in [-0.05, 0) is 25.3 Å². The fourth-order valence-corrected chi connectivity index (χ4v) is 2.94. The van der Waals surface area contributed by atoms with Gasteiger partial charge in [0, 0.05) is 5.41 Å². The summed E-state index contributed by atoms with van der Waals surface area (Å²) in [7, 11) is 0. The third kappa shape index (κ3) is 2.01. The van der Waals surface area contributed by atoms with Crippen molar-refractivity contribution in [2.75, 3.05) is 0 Å². The number of allylic oxidation sites excluding steroid dienone is 3. The summed E-state index contributed by atoms with van der Waals surface area (Å²) in [6.45, 7) is 7.70. The number of aliphatic carboxylic acids is 1. The summed E-state index contributed by atoms with van der Waals surface area (Å²) in [4.78, 5) is 11.2. The van der Waals surface area contributed by atoms with Crippen molar-refractivity contribution in [2.45, 2.75) is 27.7 Å². The van der Waals surface area contributed by atoms with Crippen LogP contribution in [0.25, 0.3) is 0 Å². The molecule has 1 aliphatic rings. The molecule has 1 aliphatic carbocycles. The van der Waals surface area contributed by atoms with Crippen molar-refractivity contribution >= 4 is 29.2 Å². The van der Waals surface area contributed by atoms with Crippen molar-refractivity contribution in [3.63, 3.8) is 0 Å². The van der Waals surface area contributed by atoms with Crippen molar-refractivity contribution in [3.8, 4) is 0 Å². The lowest BCUT2D eigenvalue weighted by Crippen LogP contribution is -2.06. The first-order valence-corrected chi connectivity index (χ1v) is 5.83. The second-order valence-corrected chi connectivity index (χ2v) is 6.09. The van der Waals surface area contributed by atoms with Gasteiger partial charge in [-0.3, -0.25) is 4.79 Å². The van der Waals surface area contributed by atoms with E-state index in [2.05, 4.69) is 0 Å². The number of rotatable bonds is 3. The Kier molecular flexibility index (Phi) is 3.47. The van der Waals surface area contributed by atoms with Gasteiger partial charge in [-0.1, -0.05) is 48.7 Å². The standard InChI is InChI=1S/C12H16Cl2O2/c1-7(2)5-12(6-8(13)14)9(10(15)16)11(12,3)4/h5-6,9H,1-4H3,(H,15,16). The van der Waals surface area contributed by atoms with Gasteiger partial charge < -0.3 is 5.11 Å². The topological polar surface area (TPSA) is 37.3 Å². The molecule has 0 aromatic heterocycles. The van der Waals surface area contributed by atoms with Crippen LogP contribution in [0.3, 0.4) is 0 Å². The molecule has 0 aromatic rings. The molecule has 16 heavy (non-hydrogen) atoms. The van der Waals surface area contributed by atoms with E-state index in [0.717, 1.165) is 5.57 Å². The zero-order chi connectivity index (χ0) is 12.7. The molecule has 0 spiro atoms. The van der Waals surface area contributed by atoms with Crippen molar-refractivity contribution < 1.29 is 9.90 Å². The molecule has 90 valence electrons. The van der Waals surface area contributed by atoms with Crippen LogP contribution in [-0.4, -0.2) is 11.1 Å². The SMILES string of the molecule is CC(C)=CC1(C=C(Cl)Cl)C(C(=O)O)C1(C)C. The monoisotopic (exact) mass is 262 g/mol. The molecule has 0 aliphatic heterocycles. The lowest BCUT2D eigenvalue weighted by molar-refractivity contribution is -0.139. The van der Waals surface area contributed by atoms with E-state index in [0.29, 0.717) is 0 Å². The van der Waals surface area contributed by atoms with Gasteiger partial charge in [0.25, 0.3) is 0 Å². The summed E-state index contributed by atoms with van der Waals surface area (Å²) < 4.78 is 0.120. The van der Waals surface area contributed by atoms with E-state index in [1.807, 2.05) is 33.8 Å². The van der Waals surface area contributed by atoms with Crippen LogP contribution in [0.2, 0.25) is 0 Å². The van der Waals surface area contributed by atoms with E-state index in [9.17, 15) is 9.90 Å². The fourth-order valence-electron chi connectivity index (χ4n) is 2.58. The average molecular weight is 263 g/mol. The third-order valence-corrected chi connectivity index (χ3v) is 3.57. The second kappa shape index (κ2) is 4.08. The summed E-state index contributed by atoms with van der Waals surface area (Å²) in [6, 6.07) is 0. The molecule has 0 heterocycles.